The third kappa shape index (κ3) is 3.00. The van der Waals surface area contributed by atoms with Crippen LogP contribution in [0.2, 0.25) is 0 Å². The Kier molecular flexibility index (Phi) is 3.80. The summed E-state index contributed by atoms with van der Waals surface area (Å²) in [7, 11) is 1.82. The molecule has 0 saturated carbocycles. The molecule has 0 aliphatic rings. The molecule has 3 nitrogen and oxygen atoms in total. The van der Waals surface area contributed by atoms with Gasteiger partial charge in [-0.2, -0.15) is 0 Å². The first-order valence-corrected chi connectivity index (χ1v) is 7.50. The summed E-state index contributed by atoms with van der Waals surface area (Å²) in [5.41, 5.74) is 2.70. The normalized spacial score (nSPS) is 10.8. The van der Waals surface area contributed by atoms with E-state index in [9.17, 15) is 4.79 Å². The number of rotatable bonds is 3. The zero-order chi connectivity index (χ0) is 14.8. The number of nitrogens with zero attached hydrogens (tertiary/aromatic N) is 1. The van der Waals surface area contributed by atoms with Gasteiger partial charge in [0.2, 0.25) is 0 Å². The average Bonchev–Trinajstić information content (AvgIpc) is 2.90. The molecule has 0 spiro atoms. The summed E-state index contributed by atoms with van der Waals surface area (Å²) < 4.78 is 1.01. The molecule has 1 aromatic heterocycles. The SMILES string of the molecule is CN(Cc1ccccc1)C(=O)c1cc2cc(Br)ccc2[nH]1. The third-order valence-electron chi connectivity index (χ3n) is 3.42. The van der Waals surface area contributed by atoms with Gasteiger partial charge in [0.05, 0.1) is 0 Å². The maximum atomic E-state index is 12.5. The molecule has 106 valence electrons. The molecule has 0 atom stereocenters. The highest BCUT2D eigenvalue weighted by atomic mass is 79.9. The van der Waals surface area contributed by atoms with E-state index in [0.29, 0.717) is 12.2 Å². The highest BCUT2D eigenvalue weighted by molar-refractivity contribution is 9.10. The largest absolute Gasteiger partial charge is 0.351 e. The van der Waals surface area contributed by atoms with Gasteiger partial charge in [-0.25, -0.2) is 0 Å². The summed E-state index contributed by atoms with van der Waals surface area (Å²) >= 11 is 3.44. The van der Waals surface area contributed by atoms with Gasteiger partial charge in [-0.3, -0.25) is 4.79 Å². The van der Waals surface area contributed by atoms with Crippen LogP contribution in [0, 0.1) is 0 Å². The molecule has 0 aliphatic heterocycles. The van der Waals surface area contributed by atoms with Crippen LogP contribution in [0.4, 0.5) is 0 Å². The van der Waals surface area contributed by atoms with Crippen LogP contribution < -0.4 is 0 Å². The van der Waals surface area contributed by atoms with Gasteiger partial charge in [0.25, 0.3) is 5.91 Å². The van der Waals surface area contributed by atoms with E-state index in [0.717, 1.165) is 20.9 Å². The molecule has 0 unspecified atom stereocenters. The Morgan fingerprint density at radius 2 is 1.90 bits per heavy atom. The van der Waals surface area contributed by atoms with E-state index in [2.05, 4.69) is 20.9 Å². The summed E-state index contributed by atoms with van der Waals surface area (Å²) in [6.45, 7) is 0.596. The number of hydrogen-bond acceptors (Lipinski definition) is 1. The Morgan fingerprint density at radius 3 is 2.67 bits per heavy atom. The van der Waals surface area contributed by atoms with Crippen LogP contribution >= 0.6 is 15.9 Å². The molecule has 4 heteroatoms. The second kappa shape index (κ2) is 5.74. The standard InChI is InChI=1S/C17H15BrN2O/c1-20(11-12-5-3-2-4-6-12)17(21)16-10-13-9-14(18)7-8-15(13)19-16/h2-10,19H,11H2,1H3. The van der Waals surface area contributed by atoms with E-state index < -0.39 is 0 Å². The quantitative estimate of drug-likeness (QED) is 0.760. The van der Waals surface area contributed by atoms with E-state index in [1.807, 2.05) is 61.6 Å². The molecule has 3 rings (SSSR count). The van der Waals surface area contributed by atoms with E-state index in [4.69, 9.17) is 0 Å². The predicted molar refractivity (Wildman–Crippen MR) is 88.2 cm³/mol. The minimum atomic E-state index is -0.00817. The minimum Gasteiger partial charge on any atom is -0.351 e. The Balaban J connectivity index is 1.82. The number of nitrogens with one attached hydrogen (secondary N) is 1. The monoisotopic (exact) mass is 342 g/mol. The van der Waals surface area contributed by atoms with Crippen molar-refractivity contribution >= 4 is 32.7 Å². The number of fused-ring (bicyclic) bond motifs is 1. The molecule has 21 heavy (non-hydrogen) atoms. The number of benzene rings is 2. The molecule has 1 heterocycles. The first-order valence-electron chi connectivity index (χ1n) is 6.71. The summed E-state index contributed by atoms with van der Waals surface area (Å²) in [4.78, 5) is 17.4. The molecule has 0 fully saturated rings. The predicted octanol–water partition coefficient (Wildman–Crippen LogP) is 4.20. The van der Waals surface area contributed by atoms with Gasteiger partial charge < -0.3 is 9.88 Å². The molecule has 3 aromatic rings. The zero-order valence-corrected chi connectivity index (χ0v) is 13.2. The molecule has 2 aromatic carbocycles. The highest BCUT2D eigenvalue weighted by Crippen LogP contribution is 2.21. The zero-order valence-electron chi connectivity index (χ0n) is 11.6. The van der Waals surface area contributed by atoms with Crippen LogP contribution in [0.5, 0.6) is 0 Å². The van der Waals surface area contributed by atoms with Crippen molar-refractivity contribution in [1.29, 1.82) is 0 Å². The van der Waals surface area contributed by atoms with Crippen molar-refractivity contribution in [3.8, 4) is 0 Å². The van der Waals surface area contributed by atoms with Crippen LogP contribution in [-0.2, 0) is 6.54 Å². The van der Waals surface area contributed by atoms with Gasteiger partial charge in [0, 0.05) is 29.0 Å². The van der Waals surface area contributed by atoms with Crippen molar-refractivity contribution in [3.63, 3.8) is 0 Å². The third-order valence-corrected chi connectivity index (χ3v) is 3.92. The smallest absolute Gasteiger partial charge is 0.270 e. The first kappa shape index (κ1) is 13.9. The van der Waals surface area contributed by atoms with Gasteiger partial charge >= 0.3 is 0 Å². The number of aromatic amines is 1. The fraction of sp³-hybridized carbons (Fsp3) is 0.118. The summed E-state index contributed by atoms with van der Waals surface area (Å²) in [5.74, 6) is -0.00817. The van der Waals surface area contributed by atoms with Crippen LogP contribution in [0.1, 0.15) is 16.1 Å². The van der Waals surface area contributed by atoms with Crippen molar-refractivity contribution in [2.75, 3.05) is 7.05 Å². The minimum absolute atomic E-state index is 0.00817. The van der Waals surface area contributed by atoms with Gasteiger partial charge in [-0.05, 0) is 29.8 Å². The molecule has 0 saturated heterocycles. The second-order valence-electron chi connectivity index (χ2n) is 5.06. The number of amides is 1. The molecular weight excluding hydrogens is 328 g/mol. The summed E-state index contributed by atoms with van der Waals surface area (Å²) in [5, 5.41) is 1.03. The maximum Gasteiger partial charge on any atom is 0.270 e. The van der Waals surface area contributed by atoms with Crippen LogP contribution in [0.25, 0.3) is 10.9 Å². The molecule has 1 N–H and O–H groups in total. The fourth-order valence-electron chi connectivity index (χ4n) is 2.35. The lowest BCUT2D eigenvalue weighted by Gasteiger charge is -2.16. The van der Waals surface area contributed by atoms with E-state index >= 15 is 0 Å². The van der Waals surface area contributed by atoms with Crippen molar-refractivity contribution < 1.29 is 4.79 Å². The number of carbonyl (C=O) groups is 1. The van der Waals surface area contributed by atoms with Gasteiger partial charge in [-0.1, -0.05) is 46.3 Å². The topological polar surface area (TPSA) is 36.1 Å². The van der Waals surface area contributed by atoms with Crippen LogP contribution in [0.3, 0.4) is 0 Å². The first-order chi connectivity index (χ1) is 10.1. The number of halogens is 1. The summed E-state index contributed by atoms with van der Waals surface area (Å²) in [6.07, 6.45) is 0. The number of aromatic nitrogens is 1. The Bertz CT molecular complexity index is 780. The van der Waals surface area contributed by atoms with Crippen molar-refractivity contribution in [2.24, 2.45) is 0 Å². The van der Waals surface area contributed by atoms with Crippen LogP contribution in [-0.4, -0.2) is 22.8 Å². The van der Waals surface area contributed by atoms with Crippen LogP contribution in [0.15, 0.2) is 59.1 Å². The Hall–Kier alpha value is -2.07. The van der Waals surface area contributed by atoms with Crippen molar-refractivity contribution in [1.82, 2.24) is 9.88 Å². The summed E-state index contributed by atoms with van der Waals surface area (Å²) in [6, 6.07) is 17.8. The van der Waals surface area contributed by atoms with E-state index in [1.54, 1.807) is 4.90 Å². The van der Waals surface area contributed by atoms with E-state index in [-0.39, 0.29) is 5.91 Å². The van der Waals surface area contributed by atoms with Gasteiger partial charge in [-0.15, -0.1) is 0 Å². The van der Waals surface area contributed by atoms with Crippen molar-refractivity contribution in [2.45, 2.75) is 6.54 Å². The second-order valence-corrected chi connectivity index (χ2v) is 5.98. The van der Waals surface area contributed by atoms with Crippen molar-refractivity contribution in [3.05, 3.63) is 70.3 Å². The molecule has 0 bridgehead atoms. The molecule has 0 aliphatic carbocycles. The number of hydrogen-bond donors (Lipinski definition) is 1. The van der Waals surface area contributed by atoms with Gasteiger partial charge in [0.1, 0.15) is 5.69 Å². The molecular formula is C17H15BrN2O. The number of carbonyl (C=O) groups excluding carboxylic acids is 1. The Morgan fingerprint density at radius 1 is 1.14 bits per heavy atom. The lowest BCUT2D eigenvalue weighted by Crippen LogP contribution is -2.26. The van der Waals surface area contributed by atoms with Gasteiger partial charge in [0.15, 0.2) is 0 Å². The fourth-order valence-corrected chi connectivity index (χ4v) is 2.73. The molecule has 0 radical (unpaired) electrons. The Labute approximate surface area is 131 Å². The average molecular weight is 343 g/mol. The maximum absolute atomic E-state index is 12.5. The highest BCUT2D eigenvalue weighted by Gasteiger charge is 2.14. The number of H-pyrrole nitrogens is 1. The molecule has 1 amide bonds. The lowest BCUT2D eigenvalue weighted by atomic mass is 10.2. The van der Waals surface area contributed by atoms with E-state index in [1.165, 1.54) is 0 Å². The lowest BCUT2D eigenvalue weighted by molar-refractivity contribution is 0.0780.